The van der Waals surface area contributed by atoms with E-state index in [4.69, 9.17) is 11.6 Å². The smallest absolute Gasteiger partial charge is 0.268 e. The molecule has 0 radical (unpaired) electrons. The van der Waals surface area contributed by atoms with E-state index in [0.29, 0.717) is 16.2 Å². The summed E-state index contributed by atoms with van der Waals surface area (Å²) in [6.07, 6.45) is 2.68. The van der Waals surface area contributed by atoms with Crippen LogP contribution in [0.25, 0.3) is 5.65 Å². The fourth-order valence-electron chi connectivity index (χ4n) is 2.04. The second-order valence-electron chi connectivity index (χ2n) is 4.82. The van der Waals surface area contributed by atoms with Crippen LogP contribution in [0.5, 0.6) is 0 Å². The Morgan fingerprint density at radius 3 is 2.46 bits per heavy atom. The number of halogens is 1. The minimum absolute atomic E-state index is 0.185. The van der Waals surface area contributed by atoms with Crippen LogP contribution in [0.4, 0.5) is 0 Å². The molecule has 0 aliphatic rings. The molecular formula is C16H11ClN4O3. The summed E-state index contributed by atoms with van der Waals surface area (Å²) in [4.78, 5) is 40.3. The average Bonchev–Trinajstić information content (AvgIpc) is 2.60. The lowest BCUT2D eigenvalue weighted by atomic mass is 10.2. The van der Waals surface area contributed by atoms with Gasteiger partial charge in [0.2, 0.25) is 0 Å². The Morgan fingerprint density at radius 1 is 1.00 bits per heavy atom. The van der Waals surface area contributed by atoms with Crippen molar-refractivity contribution in [3.05, 3.63) is 81.4 Å². The largest absolute Gasteiger partial charge is 0.276 e. The predicted molar refractivity (Wildman–Crippen MR) is 87.8 cm³/mol. The van der Waals surface area contributed by atoms with Crippen molar-refractivity contribution in [2.75, 3.05) is 0 Å². The lowest BCUT2D eigenvalue weighted by Crippen LogP contribution is -2.43. The number of carbonyl (C=O) groups excluding carboxylic acids is 2. The van der Waals surface area contributed by atoms with Gasteiger partial charge in [-0.1, -0.05) is 17.7 Å². The fraction of sp³-hybridized carbons (Fsp3) is 0. The van der Waals surface area contributed by atoms with Crippen LogP contribution in [0.3, 0.4) is 0 Å². The van der Waals surface area contributed by atoms with Crippen molar-refractivity contribution in [2.24, 2.45) is 0 Å². The number of nitrogens with one attached hydrogen (secondary N) is 2. The number of hydrogen-bond donors (Lipinski definition) is 2. The Labute approximate surface area is 140 Å². The topological polar surface area (TPSA) is 92.6 Å². The van der Waals surface area contributed by atoms with Gasteiger partial charge in [-0.25, -0.2) is 4.98 Å². The molecular weight excluding hydrogens is 332 g/mol. The summed E-state index contributed by atoms with van der Waals surface area (Å²) in [6, 6.07) is 11.2. The van der Waals surface area contributed by atoms with Gasteiger partial charge in [-0.3, -0.25) is 29.6 Å². The minimum atomic E-state index is -0.756. The summed E-state index contributed by atoms with van der Waals surface area (Å²) in [5, 5.41) is 0.492. The molecule has 2 N–H and O–H groups in total. The second-order valence-corrected chi connectivity index (χ2v) is 5.26. The van der Waals surface area contributed by atoms with Gasteiger partial charge in [0.25, 0.3) is 17.4 Å². The average molecular weight is 343 g/mol. The molecule has 0 spiro atoms. The molecule has 0 fully saturated rings. The van der Waals surface area contributed by atoms with Gasteiger partial charge >= 0.3 is 0 Å². The summed E-state index contributed by atoms with van der Waals surface area (Å²) in [7, 11) is 0. The first kappa shape index (κ1) is 15.7. The number of benzene rings is 1. The number of hydrazine groups is 1. The molecule has 0 bridgehead atoms. The first-order valence-corrected chi connectivity index (χ1v) is 7.27. The van der Waals surface area contributed by atoms with Crippen LogP contribution in [0, 0.1) is 0 Å². The number of pyridine rings is 1. The summed E-state index contributed by atoms with van der Waals surface area (Å²) >= 11 is 5.74. The Hall–Kier alpha value is -3.19. The molecule has 2 heterocycles. The quantitative estimate of drug-likeness (QED) is 0.689. The van der Waals surface area contributed by atoms with E-state index in [1.165, 1.54) is 28.9 Å². The van der Waals surface area contributed by atoms with Crippen molar-refractivity contribution in [1.82, 2.24) is 20.2 Å². The van der Waals surface area contributed by atoms with Gasteiger partial charge in [0.1, 0.15) is 11.2 Å². The van der Waals surface area contributed by atoms with Crippen LogP contribution < -0.4 is 16.4 Å². The lowest BCUT2D eigenvalue weighted by Gasteiger charge is -2.08. The molecule has 0 saturated carbocycles. The molecule has 2 amide bonds. The summed E-state index contributed by atoms with van der Waals surface area (Å²) in [5.74, 6) is -1.29. The third-order valence-corrected chi connectivity index (χ3v) is 3.51. The van der Waals surface area contributed by atoms with Crippen molar-refractivity contribution in [1.29, 1.82) is 0 Å². The molecule has 24 heavy (non-hydrogen) atoms. The minimum Gasteiger partial charge on any atom is -0.268 e. The van der Waals surface area contributed by atoms with Crippen molar-refractivity contribution in [2.45, 2.75) is 0 Å². The van der Waals surface area contributed by atoms with Crippen molar-refractivity contribution in [3.8, 4) is 0 Å². The van der Waals surface area contributed by atoms with E-state index in [2.05, 4.69) is 15.8 Å². The Balaban J connectivity index is 1.76. The SMILES string of the molecule is O=C(NNC(=O)c1cnc2ccccn2c1=O)c1ccc(Cl)cc1. The highest BCUT2D eigenvalue weighted by Gasteiger charge is 2.14. The van der Waals surface area contributed by atoms with E-state index in [1.54, 1.807) is 30.3 Å². The number of amides is 2. The normalized spacial score (nSPS) is 10.4. The van der Waals surface area contributed by atoms with Crippen LogP contribution in [-0.4, -0.2) is 21.2 Å². The van der Waals surface area contributed by atoms with Gasteiger partial charge < -0.3 is 0 Å². The second kappa shape index (κ2) is 6.51. The van der Waals surface area contributed by atoms with Gasteiger partial charge in [0.05, 0.1) is 0 Å². The fourth-order valence-corrected chi connectivity index (χ4v) is 2.16. The van der Waals surface area contributed by atoms with E-state index in [0.717, 1.165) is 0 Å². The molecule has 1 aromatic carbocycles. The van der Waals surface area contributed by atoms with Gasteiger partial charge in [0, 0.05) is 23.0 Å². The van der Waals surface area contributed by atoms with E-state index in [9.17, 15) is 14.4 Å². The van der Waals surface area contributed by atoms with Crippen molar-refractivity contribution in [3.63, 3.8) is 0 Å². The summed E-state index contributed by atoms with van der Waals surface area (Å²) in [5.41, 5.74) is 4.45. The first-order valence-electron chi connectivity index (χ1n) is 6.89. The maximum Gasteiger partial charge on any atom is 0.276 e. The van der Waals surface area contributed by atoms with Crippen LogP contribution in [-0.2, 0) is 0 Å². The van der Waals surface area contributed by atoms with Crippen molar-refractivity contribution < 1.29 is 9.59 Å². The highest BCUT2D eigenvalue weighted by Crippen LogP contribution is 2.09. The number of fused-ring (bicyclic) bond motifs is 1. The molecule has 0 unspecified atom stereocenters. The van der Waals surface area contributed by atoms with E-state index < -0.39 is 17.4 Å². The Kier molecular flexibility index (Phi) is 4.26. The number of nitrogens with zero attached hydrogens (tertiary/aromatic N) is 2. The molecule has 0 atom stereocenters. The summed E-state index contributed by atoms with van der Waals surface area (Å²) < 4.78 is 1.25. The maximum atomic E-state index is 12.3. The van der Waals surface area contributed by atoms with Gasteiger partial charge in [0.15, 0.2) is 0 Å². The molecule has 0 aliphatic carbocycles. The zero-order valence-corrected chi connectivity index (χ0v) is 12.9. The Morgan fingerprint density at radius 2 is 1.71 bits per heavy atom. The number of hydrogen-bond acceptors (Lipinski definition) is 4. The van der Waals surface area contributed by atoms with Crippen LogP contribution in [0.15, 0.2) is 59.7 Å². The van der Waals surface area contributed by atoms with Crippen molar-refractivity contribution >= 4 is 29.1 Å². The molecule has 7 nitrogen and oxygen atoms in total. The van der Waals surface area contributed by atoms with E-state index in [-0.39, 0.29) is 5.56 Å². The Bertz CT molecular complexity index is 983. The number of carbonyl (C=O) groups is 2. The lowest BCUT2D eigenvalue weighted by molar-refractivity contribution is 0.0845. The molecule has 0 aliphatic heterocycles. The van der Waals surface area contributed by atoms with Gasteiger partial charge in [-0.15, -0.1) is 0 Å². The molecule has 8 heteroatoms. The molecule has 3 rings (SSSR count). The van der Waals surface area contributed by atoms with Crippen LogP contribution >= 0.6 is 11.6 Å². The predicted octanol–water partition coefficient (Wildman–Crippen LogP) is 1.42. The third kappa shape index (κ3) is 3.11. The van der Waals surface area contributed by atoms with Gasteiger partial charge in [-0.2, -0.15) is 0 Å². The monoisotopic (exact) mass is 342 g/mol. The highest BCUT2D eigenvalue weighted by molar-refractivity contribution is 6.30. The standard InChI is InChI=1S/C16H11ClN4O3/c17-11-6-4-10(5-7-11)14(22)19-20-15(23)12-9-18-13-3-1-2-8-21(13)16(12)24/h1-9H,(H,19,22)(H,20,23). The van der Waals surface area contributed by atoms with Crippen LogP contribution in [0.2, 0.25) is 5.02 Å². The van der Waals surface area contributed by atoms with E-state index >= 15 is 0 Å². The highest BCUT2D eigenvalue weighted by atomic mass is 35.5. The molecule has 0 saturated heterocycles. The van der Waals surface area contributed by atoms with E-state index in [1.807, 2.05) is 0 Å². The first-order chi connectivity index (χ1) is 11.6. The summed E-state index contributed by atoms with van der Waals surface area (Å²) in [6.45, 7) is 0. The third-order valence-electron chi connectivity index (χ3n) is 3.25. The number of rotatable bonds is 2. The maximum absolute atomic E-state index is 12.3. The van der Waals surface area contributed by atoms with Crippen LogP contribution in [0.1, 0.15) is 20.7 Å². The molecule has 3 aromatic rings. The molecule has 2 aromatic heterocycles. The molecule has 120 valence electrons. The zero-order chi connectivity index (χ0) is 17.1. The van der Waals surface area contributed by atoms with Gasteiger partial charge in [-0.05, 0) is 36.4 Å². The zero-order valence-electron chi connectivity index (χ0n) is 12.2. The number of aromatic nitrogens is 2.